The van der Waals surface area contributed by atoms with Gasteiger partial charge in [0.05, 0.1) is 0 Å². The highest BCUT2D eigenvalue weighted by Crippen LogP contribution is 2.29. The van der Waals surface area contributed by atoms with Crippen LogP contribution in [0.2, 0.25) is 0 Å². The van der Waals surface area contributed by atoms with Gasteiger partial charge in [0, 0.05) is 43.6 Å². The van der Waals surface area contributed by atoms with E-state index in [0.717, 1.165) is 24.4 Å². The third kappa shape index (κ3) is 2.65. The Balaban J connectivity index is 1.77. The summed E-state index contributed by atoms with van der Waals surface area (Å²) in [6.45, 7) is 3.22. The Morgan fingerprint density at radius 2 is 2.15 bits per heavy atom. The van der Waals surface area contributed by atoms with Crippen molar-refractivity contribution in [3.05, 3.63) is 17.0 Å². The first-order chi connectivity index (χ1) is 9.61. The summed E-state index contributed by atoms with van der Waals surface area (Å²) < 4.78 is 27.3. The highest BCUT2D eigenvalue weighted by molar-refractivity contribution is 7.91. The predicted molar refractivity (Wildman–Crippen MR) is 78.5 cm³/mol. The molecule has 0 saturated carbocycles. The van der Waals surface area contributed by atoms with Crippen LogP contribution in [0.3, 0.4) is 0 Å². The van der Waals surface area contributed by atoms with Crippen molar-refractivity contribution in [3.63, 3.8) is 0 Å². The largest absolute Gasteiger partial charge is 0.396 e. The second-order valence-corrected chi connectivity index (χ2v) is 8.72. The van der Waals surface area contributed by atoms with Gasteiger partial charge in [-0.2, -0.15) is 4.31 Å². The zero-order valence-electron chi connectivity index (χ0n) is 11.4. The third-order valence-corrected chi connectivity index (χ3v) is 7.62. The SMILES string of the molecule is O=S(=O)(c1ccc(CCO)s1)N1CCN2CCCC2C1. The minimum Gasteiger partial charge on any atom is -0.396 e. The number of hydrogen-bond donors (Lipinski definition) is 1. The molecule has 3 rings (SSSR count). The Kier molecular flexibility index (Phi) is 4.14. The molecule has 2 fully saturated rings. The van der Waals surface area contributed by atoms with Gasteiger partial charge >= 0.3 is 0 Å². The Hall–Kier alpha value is -0.470. The summed E-state index contributed by atoms with van der Waals surface area (Å²) in [5, 5.41) is 8.92. The van der Waals surface area contributed by atoms with Crippen LogP contribution in [0, 0.1) is 0 Å². The van der Waals surface area contributed by atoms with Crippen LogP contribution >= 0.6 is 11.3 Å². The average Bonchev–Trinajstić information content (AvgIpc) is 3.06. The van der Waals surface area contributed by atoms with Crippen molar-refractivity contribution >= 4 is 21.4 Å². The molecular formula is C13H20N2O3S2. The third-order valence-electron chi connectivity index (χ3n) is 4.14. The number of aliphatic hydroxyl groups is 1. The van der Waals surface area contributed by atoms with Crippen LogP contribution in [0.5, 0.6) is 0 Å². The Morgan fingerprint density at radius 3 is 2.95 bits per heavy atom. The van der Waals surface area contributed by atoms with E-state index in [2.05, 4.69) is 4.90 Å². The molecule has 5 nitrogen and oxygen atoms in total. The van der Waals surface area contributed by atoms with Gasteiger partial charge in [-0.15, -0.1) is 11.3 Å². The van der Waals surface area contributed by atoms with Gasteiger partial charge in [-0.3, -0.25) is 4.90 Å². The van der Waals surface area contributed by atoms with Crippen molar-refractivity contribution in [1.82, 2.24) is 9.21 Å². The van der Waals surface area contributed by atoms with Gasteiger partial charge in [-0.05, 0) is 31.5 Å². The summed E-state index contributed by atoms with van der Waals surface area (Å²) in [7, 11) is -3.35. The van der Waals surface area contributed by atoms with Crippen LogP contribution in [0.25, 0.3) is 0 Å². The maximum absolute atomic E-state index is 12.6. The lowest BCUT2D eigenvalue weighted by Gasteiger charge is -2.36. The van der Waals surface area contributed by atoms with Gasteiger partial charge in [0.15, 0.2) is 0 Å². The van der Waals surface area contributed by atoms with Crippen LogP contribution < -0.4 is 0 Å². The van der Waals surface area contributed by atoms with Crippen LogP contribution in [-0.4, -0.2) is 61.6 Å². The molecule has 2 aliphatic heterocycles. The van der Waals surface area contributed by atoms with E-state index in [4.69, 9.17) is 5.11 Å². The van der Waals surface area contributed by atoms with Gasteiger partial charge in [0.1, 0.15) is 4.21 Å². The van der Waals surface area contributed by atoms with E-state index >= 15 is 0 Å². The Bertz CT molecular complexity index is 570. The smallest absolute Gasteiger partial charge is 0.252 e. The minimum atomic E-state index is -3.35. The molecule has 1 unspecified atom stereocenters. The number of nitrogens with zero attached hydrogens (tertiary/aromatic N) is 2. The van der Waals surface area contributed by atoms with Gasteiger partial charge in [-0.25, -0.2) is 8.42 Å². The highest BCUT2D eigenvalue weighted by Gasteiger charge is 2.36. The normalized spacial score (nSPS) is 24.9. The summed E-state index contributed by atoms with van der Waals surface area (Å²) in [6, 6.07) is 3.88. The summed E-state index contributed by atoms with van der Waals surface area (Å²) in [5.74, 6) is 0. The van der Waals surface area contributed by atoms with E-state index in [1.807, 2.05) is 0 Å². The summed E-state index contributed by atoms with van der Waals surface area (Å²) in [5.41, 5.74) is 0. The van der Waals surface area contributed by atoms with Crippen molar-refractivity contribution in [1.29, 1.82) is 0 Å². The molecule has 3 heterocycles. The second-order valence-electron chi connectivity index (χ2n) is 5.39. The van der Waals surface area contributed by atoms with Gasteiger partial charge in [0.2, 0.25) is 0 Å². The summed E-state index contributed by atoms with van der Waals surface area (Å²) in [4.78, 5) is 3.32. The number of piperazine rings is 1. The van der Waals surface area contributed by atoms with Gasteiger partial charge in [0.25, 0.3) is 10.0 Å². The topological polar surface area (TPSA) is 60.9 Å². The van der Waals surface area contributed by atoms with E-state index < -0.39 is 10.0 Å². The van der Waals surface area contributed by atoms with Crippen molar-refractivity contribution in [2.75, 3.05) is 32.8 Å². The lowest BCUT2D eigenvalue weighted by Crippen LogP contribution is -2.51. The van der Waals surface area contributed by atoms with E-state index in [1.165, 1.54) is 17.8 Å². The predicted octanol–water partition coefficient (Wildman–Crippen LogP) is 0.752. The number of hydrogen-bond acceptors (Lipinski definition) is 5. The molecular weight excluding hydrogens is 296 g/mol. The highest BCUT2D eigenvalue weighted by atomic mass is 32.2. The standard InChI is InChI=1S/C13H20N2O3S2/c16-9-5-12-3-4-13(19-12)20(17,18)15-8-7-14-6-1-2-11(14)10-15/h3-4,11,16H,1-2,5-10H2. The van der Waals surface area contributed by atoms with Gasteiger partial charge < -0.3 is 5.11 Å². The lowest BCUT2D eigenvalue weighted by atomic mass is 10.2. The molecule has 7 heteroatoms. The number of sulfonamides is 1. The second kappa shape index (κ2) is 5.73. The van der Waals surface area contributed by atoms with E-state index in [0.29, 0.717) is 29.8 Å². The fourth-order valence-electron chi connectivity index (χ4n) is 3.05. The molecule has 1 aromatic rings. The number of thiophene rings is 1. The molecule has 0 aromatic carbocycles. The number of fused-ring (bicyclic) bond motifs is 1. The van der Waals surface area contributed by atoms with E-state index in [9.17, 15) is 8.42 Å². The molecule has 0 radical (unpaired) electrons. The van der Waals surface area contributed by atoms with Crippen LogP contribution in [0.4, 0.5) is 0 Å². The summed E-state index contributed by atoms with van der Waals surface area (Å²) >= 11 is 1.28. The average molecular weight is 316 g/mol. The first kappa shape index (κ1) is 14.5. The molecule has 1 atom stereocenters. The van der Waals surface area contributed by atoms with Crippen LogP contribution in [0.1, 0.15) is 17.7 Å². The lowest BCUT2D eigenvalue weighted by molar-refractivity contribution is 0.158. The number of aliphatic hydroxyl groups excluding tert-OH is 1. The molecule has 112 valence electrons. The monoisotopic (exact) mass is 316 g/mol. The van der Waals surface area contributed by atoms with Crippen molar-refractivity contribution < 1.29 is 13.5 Å². The van der Waals surface area contributed by atoms with Crippen molar-refractivity contribution in [2.45, 2.75) is 29.5 Å². The zero-order valence-corrected chi connectivity index (χ0v) is 13.0. The first-order valence-electron chi connectivity index (χ1n) is 7.05. The minimum absolute atomic E-state index is 0.0563. The molecule has 1 N–H and O–H groups in total. The van der Waals surface area contributed by atoms with Crippen LogP contribution in [0.15, 0.2) is 16.3 Å². The first-order valence-corrected chi connectivity index (χ1v) is 9.30. The van der Waals surface area contributed by atoms with E-state index in [1.54, 1.807) is 16.4 Å². The fraction of sp³-hybridized carbons (Fsp3) is 0.692. The van der Waals surface area contributed by atoms with Gasteiger partial charge in [-0.1, -0.05) is 0 Å². The molecule has 1 aromatic heterocycles. The fourth-order valence-corrected chi connectivity index (χ4v) is 6.02. The molecule has 0 spiro atoms. The molecule has 2 saturated heterocycles. The van der Waals surface area contributed by atoms with Crippen molar-refractivity contribution in [2.24, 2.45) is 0 Å². The molecule has 2 aliphatic rings. The summed E-state index contributed by atoms with van der Waals surface area (Å²) in [6.07, 6.45) is 2.81. The molecule has 0 aliphatic carbocycles. The zero-order chi connectivity index (χ0) is 14.2. The Morgan fingerprint density at radius 1 is 1.30 bits per heavy atom. The quantitative estimate of drug-likeness (QED) is 0.890. The molecule has 0 amide bonds. The van der Waals surface area contributed by atoms with Crippen molar-refractivity contribution in [3.8, 4) is 0 Å². The molecule has 0 bridgehead atoms. The van der Waals surface area contributed by atoms with Crippen LogP contribution in [-0.2, 0) is 16.4 Å². The maximum Gasteiger partial charge on any atom is 0.252 e. The van der Waals surface area contributed by atoms with E-state index in [-0.39, 0.29) is 6.61 Å². The molecule has 20 heavy (non-hydrogen) atoms. The number of rotatable bonds is 4. The Labute approximate surface area is 123 Å². The maximum atomic E-state index is 12.6.